The maximum atomic E-state index is 14.0. The molecule has 6 nitrogen and oxygen atoms in total. The van der Waals surface area contributed by atoms with Gasteiger partial charge in [-0.1, -0.05) is 40.0 Å². The van der Waals surface area contributed by atoms with E-state index in [-0.39, 0.29) is 23.5 Å². The highest BCUT2D eigenvalue weighted by Crippen LogP contribution is 2.28. The fourth-order valence-corrected chi connectivity index (χ4v) is 4.46. The Labute approximate surface area is 183 Å². The van der Waals surface area contributed by atoms with E-state index < -0.39 is 17.4 Å². The van der Waals surface area contributed by atoms with Gasteiger partial charge in [-0.25, -0.2) is 4.39 Å². The van der Waals surface area contributed by atoms with Crippen molar-refractivity contribution in [1.82, 2.24) is 20.4 Å². The average Bonchev–Trinajstić information content (AvgIpc) is 3.46. The van der Waals surface area contributed by atoms with Crippen LogP contribution in [0, 0.1) is 17.2 Å². The topological polar surface area (TPSA) is 76.0 Å². The first-order valence-electron chi connectivity index (χ1n) is 11.5. The fraction of sp³-hybridized carbons (Fsp3) is 0.625. The molecule has 0 bridgehead atoms. The maximum Gasteiger partial charge on any atom is 0.273 e. The van der Waals surface area contributed by atoms with Crippen LogP contribution in [0.1, 0.15) is 76.2 Å². The van der Waals surface area contributed by atoms with Crippen LogP contribution in [-0.2, 0) is 11.3 Å². The van der Waals surface area contributed by atoms with Gasteiger partial charge in [0.1, 0.15) is 11.9 Å². The Morgan fingerprint density at radius 1 is 1.16 bits per heavy atom. The van der Waals surface area contributed by atoms with Crippen molar-refractivity contribution in [2.45, 2.75) is 84.3 Å². The summed E-state index contributed by atoms with van der Waals surface area (Å²) < 4.78 is 15.8. The highest BCUT2D eigenvalue weighted by molar-refractivity contribution is 6.06. The monoisotopic (exact) mass is 428 g/mol. The molecule has 1 atom stereocenters. The second kappa shape index (κ2) is 8.60. The lowest BCUT2D eigenvalue weighted by Crippen LogP contribution is -2.54. The fourth-order valence-electron chi connectivity index (χ4n) is 4.46. The van der Waals surface area contributed by atoms with E-state index in [9.17, 15) is 14.0 Å². The number of fused-ring (bicyclic) bond motifs is 1. The molecule has 0 spiro atoms. The third-order valence-corrected chi connectivity index (χ3v) is 6.41. The molecule has 0 radical (unpaired) electrons. The first-order valence-corrected chi connectivity index (χ1v) is 11.5. The number of carbonyl (C=O) groups is 2. The van der Waals surface area contributed by atoms with Crippen molar-refractivity contribution in [2.24, 2.45) is 11.3 Å². The minimum absolute atomic E-state index is 0.166. The van der Waals surface area contributed by atoms with E-state index in [0.29, 0.717) is 23.4 Å². The summed E-state index contributed by atoms with van der Waals surface area (Å²) in [6.45, 7) is 6.47. The molecule has 2 saturated carbocycles. The SMILES string of the molecule is CC(C)(C)[C@H](NC(=O)c1nn(CC2CCCCC2)c2cc(F)ccc12)C(=O)NC1CC1. The van der Waals surface area contributed by atoms with Crippen molar-refractivity contribution in [3.8, 4) is 0 Å². The molecule has 0 unspecified atom stereocenters. The number of rotatable bonds is 6. The lowest BCUT2D eigenvalue weighted by Gasteiger charge is -2.30. The van der Waals surface area contributed by atoms with Gasteiger partial charge in [0, 0.05) is 18.0 Å². The van der Waals surface area contributed by atoms with Gasteiger partial charge >= 0.3 is 0 Å². The molecule has 168 valence electrons. The van der Waals surface area contributed by atoms with E-state index in [4.69, 9.17) is 0 Å². The summed E-state index contributed by atoms with van der Waals surface area (Å²) >= 11 is 0. The third-order valence-electron chi connectivity index (χ3n) is 6.41. The van der Waals surface area contributed by atoms with E-state index in [0.717, 1.165) is 25.7 Å². The zero-order valence-corrected chi connectivity index (χ0v) is 18.7. The molecule has 2 fully saturated rings. The van der Waals surface area contributed by atoms with E-state index >= 15 is 0 Å². The highest BCUT2D eigenvalue weighted by atomic mass is 19.1. The zero-order chi connectivity index (χ0) is 22.2. The molecular formula is C24H33FN4O2. The average molecular weight is 429 g/mol. The van der Waals surface area contributed by atoms with Crippen LogP contribution in [0.15, 0.2) is 18.2 Å². The Bertz CT molecular complexity index is 968. The molecule has 1 heterocycles. The lowest BCUT2D eigenvalue weighted by molar-refractivity contribution is -0.125. The van der Waals surface area contributed by atoms with Crippen LogP contribution in [0.25, 0.3) is 10.9 Å². The highest BCUT2D eigenvalue weighted by Gasteiger charge is 2.36. The molecule has 0 saturated heterocycles. The Kier molecular flexibility index (Phi) is 6.04. The summed E-state index contributed by atoms with van der Waals surface area (Å²) in [7, 11) is 0. The molecule has 31 heavy (non-hydrogen) atoms. The predicted molar refractivity (Wildman–Crippen MR) is 118 cm³/mol. The van der Waals surface area contributed by atoms with Crippen molar-refractivity contribution < 1.29 is 14.0 Å². The van der Waals surface area contributed by atoms with Gasteiger partial charge in [0.2, 0.25) is 5.91 Å². The number of amides is 2. The van der Waals surface area contributed by atoms with Crippen LogP contribution < -0.4 is 10.6 Å². The van der Waals surface area contributed by atoms with Gasteiger partial charge < -0.3 is 10.6 Å². The summed E-state index contributed by atoms with van der Waals surface area (Å²) in [4.78, 5) is 26.0. The summed E-state index contributed by atoms with van der Waals surface area (Å²) in [6.07, 6.45) is 7.90. The van der Waals surface area contributed by atoms with Crippen molar-refractivity contribution in [3.05, 3.63) is 29.7 Å². The summed E-state index contributed by atoms with van der Waals surface area (Å²) in [5.74, 6) is -0.423. The number of benzene rings is 1. The molecule has 2 aromatic rings. The molecule has 2 aliphatic rings. The Morgan fingerprint density at radius 2 is 1.87 bits per heavy atom. The Balaban J connectivity index is 1.61. The number of nitrogens with zero attached hydrogens (tertiary/aromatic N) is 2. The van der Waals surface area contributed by atoms with E-state index in [1.165, 1.54) is 31.4 Å². The molecule has 7 heteroatoms. The third kappa shape index (κ3) is 5.08. The molecule has 1 aromatic heterocycles. The first kappa shape index (κ1) is 21.8. The molecule has 2 amide bonds. The van der Waals surface area contributed by atoms with E-state index in [2.05, 4.69) is 15.7 Å². The molecule has 2 N–H and O–H groups in total. The Morgan fingerprint density at radius 3 is 2.52 bits per heavy atom. The lowest BCUT2D eigenvalue weighted by atomic mass is 9.86. The quantitative estimate of drug-likeness (QED) is 0.725. The molecular weight excluding hydrogens is 395 g/mol. The first-order chi connectivity index (χ1) is 14.7. The van der Waals surface area contributed by atoms with Gasteiger partial charge in [0.05, 0.1) is 5.52 Å². The van der Waals surface area contributed by atoms with Crippen LogP contribution in [-0.4, -0.2) is 33.7 Å². The second-order valence-electron chi connectivity index (χ2n) is 10.3. The van der Waals surface area contributed by atoms with E-state index in [1.54, 1.807) is 10.7 Å². The molecule has 2 aliphatic carbocycles. The van der Waals surface area contributed by atoms with Crippen LogP contribution in [0.2, 0.25) is 0 Å². The summed E-state index contributed by atoms with van der Waals surface area (Å²) in [5.41, 5.74) is 0.422. The number of hydrogen-bond acceptors (Lipinski definition) is 3. The van der Waals surface area contributed by atoms with Crippen molar-refractivity contribution >= 4 is 22.7 Å². The normalized spacial score (nSPS) is 18.7. The molecule has 1 aromatic carbocycles. The zero-order valence-electron chi connectivity index (χ0n) is 18.7. The minimum Gasteiger partial charge on any atom is -0.352 e. The van der Waals surface area contributed by atoms with Gasteiger partial charge in [-0.3, -0.25) is 14.3 Å². The molecule has 0 aliphatic heterocycles. The van der Waals surface area contributed by atoms with Crippen LogP contribution in [0.5, 0.6) is 0 Å². The number of halogens is 1. The smallest absolute Gasteiger partial charge is 0.273 e. The number of aromatic nitrogens is 2. The summed E-state index contributed by atoms with van der Waals surface area (Å²) in [6, 6.07) is 3.95. The number of nitrogens with one attached hydrogen (secondary N) is 2. The van der Waals surface area contributed by atoms with Gasteiger partial charge in [0.25, 0.3) is 5.91 Å². The summed E-state index contributed by atoms with van der Waals surface area (Å²) in [5, 5.41) is 11.1. The second-order valence-corrected chi connectivity index (χ2v) is 10.3. The van der Waals surface area contributed by atoms with Crippen molar-refractivity contribution in [1.29, 1.82) is 0 Å². The van der Waals surface area contributed by atoms with Gasteiger partial charge in [0.15, 0.2) is 5.69 Å². The van der Waals surface area contributed by atoms with Crippen LogP contribution in [0.3, 0.4) is 0 Å². The van der Waals surface area contributed by atoms with Crippen LogP contribution in [0.4, 0.5) is 4.39 Å². The van der Waals surface area contributed by atoms with Crippen molar-refractivity contribution in [2.75, 3.05) is 0 Å². The van der Waals surface area contributed by atoms with E-state index in [1.807, 2.05) is 20.8 Å². The molecule has 4 rings (SSSR count). The van der Waals surface area contributed by atoms with Crippen molar-refractivity contribution in [3.63, 3.8) is 0 Å². The van der Waals surface area contributed by atoms with Crippen LogP contribution >= 0.6 is 0 Å². The number of hydrogen-bond donors (Lipinski definition) is 2. The standard InChI is InChI=1S/C24H33FN4O2/c1-24(2,3)21(23(31)26-17-10-11-17)27-22(30)20-18-12-9-16(25)13-19(18)29(28-20)14-15-7-5-4-6-8-15/h9,12-13,15,17,21H,4-8,10-11,14H2,1-3H3,(H,26,31)(H,27,30)/t21-/m1/s1. The van der Waals surface area contributed by atoms with Gasteiger partial charge in [-0.05, 0) is 55.2 Å². The Hall–Kier alpha value is -2.44. The minimum atomic E-state index is -0.681. The predicted octanol–water partition coefficient (Wildman–Crippen LogP) is 4.18. The van der Waals surface area contributed by atoms with Gasteiger partial charge in [-0.2, -0.15) is 5.10 Å². The largest absolute Gasteiger partial charge is 0.352 e. The number of carbonyl (C=O) groups excluding carboxylic acids is 2. The van der Waals surface area contributed by atoms with Gasteiger partial charge in [-0.15, -0.1) is 0 Å². The maximum absolute atomic E-state index is 14.0.